The van der Waals surface area contributed by atoms with Crippen LogP contribution in [0.4, 0.5) is 0 Å². The van der Waals surface area contributed by atoms with Crippen LogP contribution in [0.3, 0.4) is 0 Å². The van der Waals surface area contributed by atoms with Gasteiger partial charge < -0.3 is 5.11 Å². The Morgan fingerprint density at radius 3 is 3.00 bits per heavy atom. The number of benzene rings is 1. The van der Waals surface area contributed by atoms with Gasteiger partial charge in [0.05, 0.1) is 16.5 Å². The molecule has 0 bridgehead atoms. The third-order valence-electron chi connectivity index (χ3n) is 2.01. The van der Waals surface area contributed by atoms with Gasteiger partial charge in [0.1, 0.15) is 6.33 Å². The van der Waals surface area contributed by atoms with Crippen LogP contribution >= 0.6 is 46.0 Å². The van der Waals surface area contributed by atoms with Crippen LogP contribution in [0.1, 0.15) is 0 Å². The predicted octanol–water partition coefficient (Wildman–Crippen LogP) is 2.70. The molecule has 1 aromatic heterocycles. The molecule has 2 aromatic rings. The van der Waals surface area contributed by atoms with Gasteiger partial charge in [-0.25, -0.2) is 0 Å². The van der Waals surface area contributed by atoms with E-state index in [4.69, 9.17) is 16.7 Å². The number of carboxylic acids is 1. The number of thioether (sulfide) groups is 1. The number of nitrogens with zero attached hydrogens (tertiary/aromatic N) is 3. The maximum absolute atomic E-state index is 10.5. The quantitative estimate of drug-likeness (QED) is 0.637. The Morgan fingerprint density at radius 1 is 1.56 bits per heavy atom. The molecule has 1 N–H and O–H groups in total. The Balaban J connectivity index is 2.33. The van der Waals surface area contributed by atoms with Gasteiger partial charge in [0.15, 0.2) is 5.16 Å². The van der Waals surface area contributed by atoms with Crippen LogP contribution in [0.5, 0.6) is 0 Å². The summed E-state index contributed by atoms with van der Waals surface area (Å²) in [6.07, 6.45) is 1.51. The second kappa shape index (κ2) is 5.89. The Kier molecular flexibility index (Phi) is 4.46. The zero-order valence-electron chi connectivity index (χ0n) is 8.88. The average Bonchev–Trinajstić information content (AvgIpc) is 2.74. The molecule has 0 radical (unpaired) electrons. The zero-order valence-corrected chi connectivity index (χ0v) is 12.6. The van der Waals surface area contributed by atoms with Crippen molar-refractivity contribution in [3.05, 3.63) is 33.1 Å². The summed E-state index contributed by atoms with van der Waals surface area (Å²) in [6.45, 7) is 0. The minimum Gasteiger partial charge on any atom is -0.481 e. The predicted molar refractivity (Wildman–Crippen MR) is 77.4 cm³/mol. The molecule has 0 aliphatic carbocycles. The van der Waals surface area contributed by atoms with E-state index in [-0.39, 0.29) is 5.75 Å². The molecule has 18 heavy (non-hydrogen) atoms. The number of halogens is 2. The second-order valence-electron chi connectivity index (χ2n) is 3.26. The minimum atomic E-state index is -0.900. The van der Waals surface area contributed by atoms with Gasteiger partial charge in [-0.15, -0.1) is 10.2 Å². The third kappa shape index (κ3) is 3.15. The molecule has 0 amide bonds. The smallest absolute Gasteiger partial charge is 0.313 e. The first-order chi connectivity index (χ1) is 8.58. The highest BCUT2D eigenvalue weighted by molar-refractivity contribution is 14.1. The summed E-state index contributed by atoms with van der Waals surface area (Å²) in [5, 5.41) is 17.4. The molecule has 0 saturated carbocycles. The second-order valence-corrected chi connectivity index (χ2v) is 5.86. The summed E-state index contributed by atoms with van der Waals surface area (Å²) in [7, 11) is 0. The Labute approximate surface area is 126 Å². The largest absolute Gasteiger partial charge is 0.481 e. The summed E-state index contributed by atoms with van der Waals surface area (Å²) in [6, 6.07) is 5.58. The average molecular weight is 396 g/mol. The van der Waals surface area contributed by atoms with E-state index in [2.05, 4.69) is 32.8 Å². The molecule has 0 aliphatic heterocycles. The van der Waals surface area contributed by atoms with Crippen LogP contribution in [-0.4, -0.2) is 31.6 Å². The van der Waals surface area contributed by atoms with Crippen molar-refractivity contribution < 1.29 is 9.90 Å². The number of aromatic nitrogens is 3. The summed E-state index contributed by atoms with van der Waals surface area (Å²) in [4.78, 5) is 10.5. The lowest BCUT2D eigenvalue weighted by Crippen LogP contribution is -2.01. The van der Waals surface area contributed by atoms with Gasteiger partial charge in [-0.05, 0) is 40.8 Å². The van der Waals surface area contributed by atoms with Crippen molar-refractivity contribution >= 4 is 51.9 Å². The van der Waals surface area contributed by atoms with Crippen LogP contribution in [0.2, 0.25) is 5.02 Å². The van der Waals surface area contributed by atoms with Crippen molar-refractivity contribution in [1.29, 1.82) is 0 Å². The topological polar surface area (TPSA) is 68.0 Å². The maximum Gasteiger partial charge on any atom is 0.313 e. The fourth-order valence-corrected chi connectivity index (χ4v) is 2.88. The van der Waals surface area contributed by atoms with Gasteiger partial charge in [0.25, 0.3) is 0 Å². The molecule has 1 heterocycles. The maximum atomic E-state index is 10.5. The first-order valence-corrected chi connectivity index (χ1v) is 7.22. The molecule has 0 saturated heterocycles. The van der Waals surface area contributed by atoms with Gasteiger partial charge in [-0.1, -0.05) is 23.4 Å². The number of rotatable bonds is 4. The summed E-state index contributed by atoms with van der Waals surface area (Å²) in [5.74, 6) is -0.969. The fourth-order valence-electron chi connectivity index (χ4n) is 1.29. The van der Waals surface area contributed by atoms with Crippen molar-refractivity contribution in [2.75, 3.05) is 5.75 Å². The van der Waals surface area contributed by atoms with E-state index >= 15 is 0 Å². The van der Waals surface area contributed by atoms with Crippen LogP contribution in [-0.2, 0) is 4.79 Å². The van der Waals surface area contributed by atoms with E-state index in [9.17, 15) is 4.79 Å². The molecule has 0 aliphatic rings. The molecule has 1 aromatic carbocycles. The van der Waals surface area contributed by atoms with Crippen molar-refractivity contribution in [2.24, 2.45) is 0 Å². The standard InChI is InChI=1S/C10H7ClIN3O2S/c11-7-3-6(12)1-2-8(7)15-5-13-14-10(15)18-4-9(16)17/h1-3,5H,4H2,(H,16,17). The SMILES string of the molecule is O=C(O)CSc1nncn1-c1ccc(I)cc1Cl. The summed E-state index contributed by atoms with van der Waals surface area (Å²) < 4.78 is 2.70. The van der Waals surface area contributed by atoms with E-state index in [1.165, 1.54) is 6.33 Å². The summed E-state index contributed by atoms with van der Waals surface area (Å²) in [5.41, 5.74) is 0.731. The first-order valence-electron chi connectivity index (χ1n) is 4.78. The van der Waals surface area contributed by atoms with Gasteiger partial charge >= 0.3 is 5.97 Å². The number of carbonyl (C=O) groups is 1. The number of hydrogen-bond donors (Lipinski definition) is 1. The Morgan fingerprint density at radius 2 is 2.33 bits per heavy atom. The van der Waals surface area contributed by atoms with Crippen LogP contribution in [0.15, 0.2) is 29.7 Å². The normalized spacial score (nSPS) is 10.6. The van der Waals surface area contributed by atoms with Crippen molar-refractivity contribution in [2.45, 2.75) is 5.16 Å². The zero-order chi connectivity index (χ0) is 13.1. The van der Waals surface area contributed by atoms with Gasteiger partial charge in [0, 0.05) is 3.57 Å². The lowest BCUT2D eigenvalue weighted by atomic mass is 10.3. The van der Waals surface area contributed by atoms with E-state index in [1.54, 1.807) is 4.57 Å². The Bertz CT molecular complexity index is 590. The van der Waals surface area contributed by atoms with Crippen molar-refractivity contribution in [3.63, 3.8) is 0 Å². The molecule has 0 spiro atoms. The molecular formula is C10H7ClIN3O2S. The minimum absolute atomic E-state index is 0.0688. The van der Waals surface area contributed by atoms with E-state index in [0.717, 1.165) is 21.0 Å². The molecule has 94 valence electrons. The van der Waals surface area contributed by atoms with Gasteiger partial charge in [-0.2, -0.15) is 0 Å². The lowest BCUT2D eigenvalue weighted by Gasteiger charge is -2.07. The van der Waals surface area contributed by atoms with Crippen LogP contribution < -0.4 is 0 Å². The number of aliphatic carboxylic acids is 1. The lowest BCUT2D eigenvalue weighted by molar-refractivity contribution is -0.133. The number of carboxylic acid groups (broad SMARTS) is 1. The molecule has 0 atom stereocenters. The molecular weight excluding hydrogens is 389 g/mol. The van der Waals surface area contributed by atoms with E-state index < -0.39 is 5.97 Å². The summed E-state index contributed by atoms with van der Waals surface area (Å²) >= 11 is 9.41. The van der Waals surface area contributed by atoms with Crippen molar-refractivity contribution in [1.82, 2.24) is 14.8 Å². The van der Waals surface area contributed by atoms with Crippen LogP contribution in [0.25, 0.3) is 5.69 Å². The highest BCUT2D eigenvalue weighted by Gasteiger charge is 2.11. The molecule has 0 fully saturated rings. The van der Waals surface area contributed by atoms with Crippen molar-refractivity contribution in [3.8, 4) is 5.69 Å². The number of hydrogen-bond acceptors (Lipinski definition) is 4. The molecule has 0 unspecified atom stereocenters. The highest BCUT2D eigenvalue weighted by atomic mass is 127. The first kappa shape index (κ1) is 13.6. The molecule has 8 heteroatoms. The molecule has 5 nitrogen and oxygen atoms in total. The van der Waals surface area contributed by atoms with Gasteiger partial charge in [0.2, 0.25) is 0 Å². The Hall–Kier alpha value is -0.800. The van der Waals surface area contributed by atoms with E-state index in [1.807, 2.05) is 18.2 Å². The molecule has 2 rings (SSSR count). The van der Waals surface area contributed by atoms with Gasteiger partial charge in [-0.3, -0.25) is 9.36 Å². The third-order valence-corrected chi connectivity index (χ3v) is 3.91. The monoisotopic (exact) mass is 395 g/mol. The van der Waals surface area contributed by atoms with Crippen LogP contribution in [0, 0.1) is 3.57 Å². The fraction of sp³-hybridized carbons (Fsp3) is 0.100. The highest BCUT2D eigenvalue weighted by Crippen LogP contribution is 2.26. The van der Waals surface area contributed by atoms with E-state index in [0.29, 0.717) is 10.2 Å².